The zero-order valence-corrected chi connectivity index (χ0v) is 11.8. The van der Waals surface area contributed by atoms with Gasteiger partial charge in [0.15, 0.2) is 0 Å². The lowest BCUT2D eigenvalue weighted by molar-refractivity contribution is 0.116. The SMILES string of the molecule is CCC(CC)(CNC1CCC(O)CC1)SC. The van der Waals surface area contributed by atoms with Gasteiger partial charge in [-0.25, -0.2) is 0 Å². The van der Waals surface area contributed by atoms with Gasteiger partial charge in [-0.2, -0.15) is 11.8 Å². The van der Waals surface area contributed by atoms with Crippen LogP contribution in [0, 0.1) is 0 Å². The Hall–Kier alpha value is 0.270. The highest BCUT2D eigenvalue weighted by Crippen LogP contribution is 2.30. The monoisotopic (exact) mass is 245 g/mol. The number of hydrogen-bond donors (Lipinski definition) is 2. The lowest BCUT2D eigenvalue weighted by Crippen LogP contribution is -2.43. The standard InChI is InChI=1S/C13H27NOS/c1-4-13(5-2,16-3)10-14-11-6-8-12(15)9-7-11/h11-12,14-15H,4-10H2,1-3H3. The average molecular weight is 245 g/mol. The molecule has 1 fully saturated rings. The first-order chi connectivity index (χ1) is 7.65. The van der Waals surface area contributed by atoms with E-state index in [4.69, 9.17) is 0 Å². The number of rotatable bonds is 6. The van der Waals surface area contributed by atoms with Crippen molar-refractivity contribution in [1.82, 2.24) is 5.32 Å². The summed E-state index contributed by atoms with van der Waals surface area (Å²) in [5.74, 6) is 0. The molecule has 0 bridgehead atoms. The highest BCUT2D eigenvalue weighted by Gasteiger charge is 2.27. The number of nitrogens with one attached hydrogen (secondary N) is 1. The summed E-state index contributed by atoms with van der Waals surface area (Å²) in [6.07, 6.45) is 8.86. The zero-order valence-electron chi connectivity index (χ0n) is 11.0. The highest BCUT2D eigenvalue weighted by atomic mass is 32.2. The van der Waals surface area contributed by atoms with Crippen molar-refractivity contribution in [2.75, 3.05) is 12.8 Å². The van der Waals surface area contributed by atoms with Crippen molar-refractivity contribution in [1.29, 1.82) is 0 Å². The van der Waals surface area contributed by atoms with E-state index in [0.717, 1.165) is 32.2 Å². The predicted molar refractivity (Wildman–Crippen MR) is 73.1 cm³/mol. The average Bonchev–Trinajstić information content (AvgIpc) is 2.34. The maximum absolute atomic E-state index is 9.46. The van der Waals surface area contributed by atoms with Gasteiger partial charge in [0.1, 0.15) is 0 Å². The zero-order chi connectivity index (χ0) is 12.0. The third-order valence-electron chi connectivity index (χ3n) is 4.13. The molecule has 0 aromatic carbocycles. The van der Waals surface area contributed by atoms with E-state index in [1.807, 2.05) is 11.8 Å². The molecule has 1 rings (SSSR count). The molecule has 2 nitrogen and oxygen atoms in total. The molecule has 0 amide bonds. The Morgan fingerprint density at radius 3 is 2.19 bits per heavy atom. The van der Waals surface area contributed by atoms with E-state index in [1.165, 1.54) is 12.8 Å². The van der Waals surface area contributed by atoms with Crippen molar-refractivity contribution in [3.05, 3.63) is 0 Å². The minimum absolute atomic E-state index is 0.0410. The fourth-order valence-corrected chi connectivity index (χ4v) is 3.28. The fourth-order valence-electron chi connectivity index (χ4n) is 2.47. The Balaban J connectivity index is 2.32. The van der Waals surface area contributed by atoms with Crippen LogP contribution >= 0.6 is 11.8 Å². The van der Waals surface area contributed by atoms with Crippen molar-refractivity contribution in [3.8, 4) is 0 Å². The third kappa shape index (κ3) is 3.94. The molecule has 1 aliphatic rings. The van der Waals surface area contributed by atoms with Gasteiger partial charge in [-0.3, -0.25) is 0 Å². The molecular formula is C13H27NOS. The molecule has 0 spiro atoms. The van der Waals surface area contributed by atoms with Crippen molar-refractivity contribution in [3.63, 3.8) is 0 Å². The van der Waals surface area contributed by atoms with Crippen LogP contribution in [0.15, 0.2) is 0 Å². The first-order valence-electron chi connectivity index (χ1n) is 6.62. The Kier molecular flexibility index (Phi) is 6.16. The largest absolute Gasteiger partial charge is 0.393 e. The van der Waals surface area contributed by atoms with Crippen LogP contribution in [0.4, 0.5) is 0 Å². The molecule has 0 aromatic heterocycles. The molecule has 0 heterocycles. The van der Waals surface area contributed by atoms with Crippen LogP contribution < -0.4 is 5.32 Å². The van der Waals surface area contributed by atoms with Crippen molar-refractivity contribution >= 4 is 11.8 Å². The molecule has 0 aromatic rings. The van der Waals surface area contributed by atoms with Crippen LogP contribution in [-0.4, -0.2) is 34.8 Å². The summed E-state index contributed by atoms with van der Waals surface area (Å²) in [6, 6.07) is 0.632. The number of aliphatic hydroxyl groups is 1. The second kappa shape index (κ2) is 6.87. The van der Waals surface area contributed by atoms with Crippen molar-refractivity contribution in [2.45, 2.75) is 69.3 Å². The summed E-state index contributed by atoms with van der Waals surface area (Å²) in [6.45, 7) is 5.68. The summed E-state index contributed by atoms with van der Waals surface area (Å²) in [7, 11) is 0. The number of thioether (sulfide) groups is 1. The molecule has 1 aliphatic carbocycles. The van der Waals surface area contributed by atoms with Crippen molar-refractivity contribution < 1.29 is 5.11 Å². The van der Waals surface area contributed by atoms with Gasteiger partial charge in [-0.15, -0.1) is 0 Å². The van der Waals surface area contributed by atoms with E-state index < -0.39 is 0 Å². The van der Waals surface area contributed by atoms with E-state index in [-0.39, 0.29) is 6.10 Å². The smallest absolute Gasteiger partial charge is 0.0541 e. The molecule has 0 saturated heterocycles. The molecule has 0 atom stereocenters. The van der Waals surface area contributed by atoms with Crippen molar-refractivity contribution in [2.24, 2.45) is 0 Å². The Morgan fingerprint density at radius 1 is 1.19 bits per heavy atom. The minimum Gasteiger partial charge on any atom is -0.393 e. The van der Waals surface area contributed by atoms with E-state index in [9.17, 15) is 5.11 Å². The maximum atomic E-state index is 9.46. The second-order valence-corrected chi connectivity index (χ2v) is 6.25. The van der Waals surface area contributed by atoms with Gasteiger partial charge >= 0.3 is 0 Å². The minimum atomic E-state index is -0.0410. The highest BCUT2D eigenvalue weighted by molar-refractivity contribution is 8.00. The first kappa shape index (κ1) is 14.3. The van der Waals surface area contributed by atoms with Crippen LogP contribution in [0.1, 0.15) is 52.4 Å². The fraction of sp³-hybridized carbons (Fsp3) is 1.00. The van der Waals surface area contributed by atoms with Gasteiger partial charge in [-0.05, 0) is 44.8 Å². The summed E-state index contributed by atoms with van der Waals surface area (Å²) in [5.41, 5.74) is 0. The van der Waals surface area contributed by atoms with Gasteiger partial charge in [0.2, 0.25) is 0 Å². The predicted octanol–water partition coefficient (Wildman–Crippen LogP) is 2.80. The van der Waals surface area contributed by atoms with E-state index in [1.54, 1.807) is 0 Å². The van der Waals surface area contributed by atoms with Gasteiger partial charge in [0.05, 0.1) is 6.10 Å². The molecule has 16 heavy (non-hydrogen) atoms. The normalized spacial score (nSPS) is 27.0. The lowest BCUT2D eigenvalue weighted by atomic mass is 9.92. The molecular weight excluding hydrogens is 218 g/mol. The summed E-state index contributed by atoms with van der Waals surface area (Å²) < 4.78 is 0.413. The topological polar surface area (TPSA) is 32.3 Å². The van der Waals surface area contributed by atoms with Crippen LogP contribution in [-0.2, 0) is 0 Å². The van der Waals surface area contributed by atoms with Gasteiger partial charge in [0.25, 0.3) is 0 Å². The maximum Gasteiger partial charge on any atom is 0.0541 e. The van der Waals surface area contributed by atoms with Crippen LogP contribution in [0.5, 0.6) is 0 Å². The molecule has 0 aliphatic heterocycles. The Labute approximate surface area is 105 Å². The Bertz CT molecular complexity index is 178. The van der Waals surface area contributed by atoms with Gasteiger partial charge in [0, 0.05) is 17.3 Å². The van der Waals surface area contributed by atoms with Gasteiger partial charge < -0.3 is 10.4 Å². The second-order valence-electron chi connectivity index (χ2n) is 4.98. The quantitative estimate of drug-likeness (QED) is 0.755. The van der Waals surface area contributed by atoms with E-state index in [2.05, 4.69) is 25.4 Å². The molecule has 96 valence electrons. The molecule has 0 radical (unpaired) electrons. The Morgan fingerprint density at radius 2 is 1.75 bits per heavy atom. The van der Waals surface area contributed by atoms with Crippen LogP contribution in [0.2, 0.25) is 0 Å². The van der Waals surface area contributed by atoms with Crippen LogP contribution in [0.25, 0.3) is 0 Å². The molecule has 3 heteroatoms. The molecule has 1 saturated carbocycles. The van der Waals surface area contributed by atoms with Crippen LogP contribution in [0.3, 0.4) is 0 Å². The molecule has 0 unspecified atom stereocenters. The van der Waals surface area contributed by atoms with Gasteiger partial charge in [-0.1, -0.05) is 13.8 Å². The first-order valence-corrected chi connectivity index (χ1v) is 7.85. The summed E-state index contributed by atoms with van der Waals surface area (Å²) in [5, 5.41) is 13.2. The summed E-state index contributed by atoms with van der Waals surface area (Å²) >= 11 is 1.99. The third-order valence-corrected chi connectivity index (χ3v) is 5.72. The van der Waals surface area contributed by atoms with E-state index >= 15 is 0 Å². The number of hydrogen-bond acceptors (Lipinski definition) is 3. The molecule has 2 N–H and O–H groups in total. The summed E-state index contributed by atoms with van der Waals surface area (Å²) in [4.78, 5) is 0. The lowest BCUT2D eigenvalue weighted by Gasteiger charge is -2.34. The van der Waals surface area contributed by atoms with E-state index in [0.29, 0.717) is 10.8 Å². The number of aliphatic hydroxyl groups excluding tert-OH is 1.